The number of carbonyl (C=O) groups is 1. The SMILES string of the molecule is Cc1ccc(S(=O)(=O)N(CC(=O)Nc2ccc(S(=O)(=O)Nc3ncccn3)cc2)c2cc(C)ccc2C)cc1. The molecule has 0 spiro atoms. The summed E-state index contributed by atoms with van der Waals surface area (Å²) < 4.78 is 55.9. The van der Waals surface area contributed by atoms with Crippen LogP contribution < -0.4 is 14.3 Å². The van der Waals surface area contributed by atoms with Crippen LogP contribution >= 0.6 is 0 Å². The van der Waals surface area contributed by atoms with E-state index in [2.05, 4.69) is 20.0 Å². The molecule has 1 amide bonds. The fourth-order valence-electron chi connectivity index (χ4n) is 3.70. The van der Waals surface area contributed by atoms with E-state index in [0.29, 0.717) is 16.9 Å². The molecule has 0 bridgehead atoms. The van der Waals surface area contributed by atoms with Gasteiger partial charge in [0.25, 0.3) is 20.0 Å². The minimum atomic E-state index is -4.08. The number of aryl methyl sites for hydroxylation is 3. The third-order valence-corrected chi connectivity index (χ3v) is 8.89. The molecule has 0 radical (unpaired) electrons. The topological polar surface area (TPSA) is 138 Å². The van der Waals surface area contributed by atoms with Crippen molar-refractivity contribution in [3.05, 3.63) is 102 Å². The maximum absolute atomic E-state index is 13.7. The van der Waals surface area contributed by atoms with Crippen LogP contribution in [0.5, 0.6) is 0 Å². The van der Waals surface area contributed by atoms with Crippen molar-refractivity contribution in [2.45, 2.75) is 30.6 Å². The highest BCUT2D eigenvalue weighted by Crippen LogP contribution is 2.28. The van der Waals surface area contributed by atoms with Crippen LogP contribution in [0.4, 0.5) is 17.3 Å². The number of sulfonamides is 2. The van der Waals surface area contributed by atoms with Gasteiger partial charge in [0, 0.05) is 18.1 Å². The van der Waals surface area contributed by atoms with Gasteiger partial charge in [-0.2, -0.15) is 0 Å². The molecule has 0 atom stereocenters. The second-order valence-corrected chi connectivity index (χ2v) is 12.4. The molecule has 10 nitrogen and oxygen atoms in total. The molecule has 39 heavy (non-hydrogen) atoms. The van der Waals surface area contributed by atoms with E-state index in [9.17, 15) is 21.6 Å². The van der Waals surface area contributed by atoms with Gasteiger partial charge in [-0.1, -0.05) is 29.8 Å². The first-order valence-corrected chi connectivity index (χ1v) is 14.7. The van der Waals surface area contributed by atoms with Crippen molar-refractivity contribution in [1.82, 2.24) is 9.97 Å². The Kier molecular flexibility index (Phi) is 7.98. The number of carbonyl (C=O) groups excluding carboxylic acids is 1. The lowest BCUT2D eigenvalue weighted by atomic mass is 10.1. The van der Waals surface area contributed by atoms with Gasteiger partial charge in [0.1, 0.15) is 6.54 Å². The molecule has 4 aromatic rings. The Morgan fingerprint density at radius 3 is 2.03 bits per heavy atom. The summed E-state index contributed by atoms with van der Waals surface area (Å²) in [5.41, 5.74) is 3.12. The molecule has 0 aliphatic rings. The van der Waals surface area contributed by atoms with Crippen molar-refractivity contribution in [3.63, 3.8) is 0 Å². The van der Waals surface area contributed by atoms with Crippen LogP contribution in [0.2, 0.25) is 0 Å². The molecule has 0 saturated carbocycles. The largest absolute Gasteiger partial charge is 0.325 e. The number of benzene rings is 3. The molecule has 3 aromatic carbocycles. The molecule has 0 fully saturated rings. The summed E-state index contributed by atoms with van der Waals surface area (Å²) in [7, 11) is -8.03. The summed E-state index contributed by atoms with van der Waals surface area (Å²) in [5.74, 6) is -0.672. The molecule has 12 heteroatoms. The maximum Gasteiger partial charge on any atom is 0.264 e. The summed E-state index contributed by atoms with van der Waals surface area (Å²) >= 11 is 0. The van der Waals surface area contributed by atoms with Crippen LogP contribution in [-0.4, -0.2) is 39.3 Å². The Bertz CT molecular complexity index is 1690. The maximum atomic E-state index is 13.7. The molecule has 0 aliphatic heterocycles. The molecule has 0 unspecified atom stereocenters. The summed E-state index contributed by atoms with van der Waals surface area (Å²) in [4.78, 5) is 20.8. The zero-order chi connectivity index (χ0) is 28.2. The number of hydrogen-bond donors (Lipinski definition) is 2. The smallest absolute Gasteiger partial charge is 0.264 e. The van der Waals surface area contributed by atoms with Gasteiger partial charge in [-0.05, 0) is 80.4 Å². The average molecular weight is 566 g/mol. The zero-order valence-electron chi connectivity index (χ0n) is 21.5. The highest BCUT2D eigenvalue weighted by Gasteiger charge is 2.28. The van der Waals surface area contributed by atoms with Gasteiger partial charge in [0.15, 0.2) is 0 Å². The molecule has 202 valence electrons. The predicted octanol–water partition coefficient (Wildman–Crippen LogP) is 4.04. The molecule has 1 heterocycles. The highest BCUT2D eigenvalue weighted by molar-refractivity contribution is 7.93. The first kappa shape index (κ1) is 27.7. The Morgan fingerprint density at radius 1 is 0.795 bits per heavy atom. The predicted molar refractivity (Wildman–Crippen MR) is 150 cm³/mol. The number of amides is 1. The van der Waals surface area contributed by atoms with Crippen LogP contribution in [-0.2, 0) is 24.8 Å². The van der Waals surface area contributed by atoms with E-state index in [-0.39, 0.29) is 15.7 Å². The van der Waals surface area contributed by atoms with E-state index in [4.69, 9.17) is 0 Å². The lowest BCUT2D eigenvalue weighted by Crippen LogP contribution is -2.38. The molecule has 4 rings (SSSR count). The molecule has 0 saturated heterocycles. The molecule has 1 aromatic heterocycles. The van der Waals surface area contributed by atoms with Crippen molar-refractivity contribution in [2.24, 2.45) is 0 Å². The Hall–Kier alpha value is -4.29. The molecule has 2 N–H and O–H groups in total. The van der Waals surface area contributed by atoms with E-state index in [1.54, 1.807) is 37.3 Å². The molecule has 0 aliphatic carbocycles. The fourth-order valence-corrected chi connectivity index (χ4v) is 6.14. The Labute approximate surface area is 227 Å². The lowest BCUT2D eigenvalue weighted by molar-refractivity contribution is -0.114. The van der Waals surface area contributed by atoms with Gasteiger partial charge in [0.2, 0.25) is 11.9 Å². The van der Waals surface area contributed by atoms with E-state index < -0.39 is 32.5 Å². The second kappa shape index (κ2) is 11.2. The van der Waals surface area contributed by atoms with Crippen LogP contribution in [0, 0.1) is 20.8 Å². The Morgan fingerprint density at radius 2 is 1.38 bits per heavy atom. The van der Waals surface area contributed by atoms with E-state index in [1.165, 1.54) is 48.8 Å². The van der Waals surface area contributed by atoms with Gasteiger partial charge < -0.3 is 5.32 Å². The van der Waals surface area contributed by atoms with Crippen LogP contribution in [0.1, 0.15) is 16.7 Å². The van der Waals surface area contributed by atoms with Crippen molar-refractivity contribution < 1.29 is 21.6 Å². The van der Waals surface area contributed by atoms with Gasteiger partial charge in [0.05, 0.1) is 15.5 Å². The summed E-state index contributed by atoms with van der Waals surface area (Å²) in [6.45, 7) is 4.98. The standard InChI is InChI=1S/C27H27N5O5S2/c1-19-6-11-24(12-7-19)39(36,37)32(25-17-20(2)5-8-21(25)3)18-26(33)30-22-9-13-23(14-10-22)38(34,35)31-27-28-15-4-16-29-27/h4-17H,18H2,1-3H3,(H,30,33)(H,28,29,31). The van der Waals surface area contributed by atoms with Crippen molar-refractivity contribution >= 4 is 43.3 Å². The first-order valence-electron chi connectivity index (χ1n) is 11.8. The van der Waals surface area contributed by atoms with E-state index in [0.717, 1.165) is 15.4 Å². The third kappa shape index (κ3) is 6.59. The molecular formula is C27H27N5O5S2. The quantitative estimate of drug-likeness (QED) is 0.312. The average Bonchev–Trinajstić information content (AvgIpc) is 2.89. The number of rotatable bonds is 9. The Balaban J connectivity index is 1.57. The van der Waals surface area contributed by atoms with Gasteiger partial charge >= 0.3 is 0 Å². The number of anilines is 3. The lowest BCUT2D eigenvalue weighted by Gasteiger charge is -2.26. The normalized spacial score (nSPS) is 11.6. The molecular weight excluding hydrogens is 538 g/mol. The van der Waals surface area contributed by atoms with Crippen LogP contribution in [0.15, 0.2) is 95.0 Å². The number of hydrogen-bond acceptors (Lipinski definition) is 7. The number of nitrogens with one attached hydrogen (secondary N) is 2. The second-order valence-electron chi connectivity index (χ2n) is 8.87. The van der Waals surface area contributed by atoms with Gasteiger partial charge in [-0.3, -0.25) is 9.10 Å². The number of nitrogens with zero attached hydrogens (tertiary/aromatic N) is 3. The monoisotopic (exact) mass is 565 g/mol. The third-order valence-electron chi connectivity index (χ3n) is 5.77. The van der Waals surface area contributed by atoms with Crippen molar-refractivity contribution in [3.8, 4) is 0 Å². The summed E-state index contributed by atoms with van der Waals surface area (Å²) in [6, 6.07) is 18.8. The minimum Gasteiger partial charge on any atom is -0.325 e. The number of aromatic nitrogens is 2. The highest BCUT2D eigenvalue weighted by atomic mass is 32.2. The minimum absolute atomic E-state index is 0.0614. The van der Waals surface area contributed by atoms with Crippen molar-refractivity contribution in [2.75, 3.05) is 20.9 Å². The van der Waals surface area contributed by atoms with E-state index in [1.807, 2.05) is 19.9 Å². The summed E-state index contributed by atoms with van der Waals surface area (Å²) in [5, 5.41) is 2.65. The van der Waals surface area contributed by atoms with Crippen LogP contribution in [0.3, 0.4) is 0 Å². The van der Waals surface area contributed by atoms with Crippen molar-refractivity contribution in [1.29, 1.82) is 0 Å². The first-order chi connectivity index (χ1) is 18.5. The van der Waals surface area contributed by atoms with E-state index >= 15 is 0 Å². The zero-order valence-corrected chi connectivity index (χ0v) is 23.1. The van der Waals surface area contributed by atoms with Gasteiger partial charge in [-0.15, -0.1) is 0 Å². The van der Waals surface area contributed by atoms with Crippen LogP contribution in [0.25, 0.3) is 0 Å². The summed E-state index contributed by atoms with van der Waals surface area (Å²) in [6.07, 6.45) is 2.81. The fraction of sp³-hybridized carbons (Fsp3) is 0.148. The van der Waals surface area contributed by atoms with Gasteiger partial charge in [-0.25, -0.2) is 31.5 Å².